The maximum atomic E-state index is 10.4. The summed E-state index contributed by atoms with van der Waals surface area (Å²) in [5, 5.41) is 10.4. The van der Waals surface area contributed by atoms with Gasteiger partial charge in [0.25, 0.3) is 0 Å². The summed E-state index contributed by atoms with van der Waals surface area (Å²) in [6.07, 6.45) is 3.45. The Kier molecular flexibility index (Phi) is 11.3. The van der Waals surface area contributed by atoms with Crippen LogP contribution < -0.4 is 0 Å². The van der Waals surface area contributed by atoms with Gasteiger partial charge in [0.15, 0.2) is 0 Å². The number of aliphatic hydroxyl groups is 1. The second-order valence-corrected chi connectivity index (χ2v) is 8.90. The first-order valence-electron chi connectivity index (χ1n) is 9.28. The number of hydrogen-bond donors (Lipinski definition) is 1. The molecule has 0 aliphatic carbocycles. The minimum atomic E-state index is -0.507. The number of ether oxygens (including phenoxy) is 3. The fourth-order valence-electron chi connectivity index (χ4n) is 2.77. The molecular formula is C19H35NO4S2. The van der Waals surface area contributed by atoms with Crippen molar-refractivity contribution in [1.82, 2.24) is 4.90 Å². The van der Waals surface area contributed by atoms with Crippen molar-refractivity contribution in [1.29, 1.82) is 0 Å². The van der Waals surface area contributed by atoms with Crippen LogP contribution in [-0.4, -0.2) is 71.5 Å². The second-order valence-electron chi connectivity index (χ2n) is 7.24. The van der Waals surface area contributed by atoms with E-state index in [1.165, 1.54) is 0 Å². The van der Waals surface area contributed by atoms with Gasteiger partial charge in [0.05, 0.1) is 24.9 Å². The Balaban J connectivity index is 2.33. The maximum absolute atomic E-state index is 10.4. The molecule has 0 saturated carbocycles. The van der Waals surface area contributed by atoms with E-state index in [4.69, 9.17) is 26.4 Å². The van der Waals surface area contributed by atoms with E-state index in [-0.39, 0.29) is 12.9 Å². The van der Waals surface area contributed by atoms with Crippen LogP contribution >= 0.6 is 24.0 Å². The van der Waals surface area contributed by atoms with Gasteiger partial charge in [-0.2, -0.15) is 0 Å². The van der Waals surface area contributed by atoms with E-state index in [2.05, 4.69) is 25.3 Å². The lowest BCUT2D eigenvalue weighted by Gasteiger charge is -2.30. The van der Waals surface area contributed by atoms with E-state index in [0.717, 1.165) is 16.6 Å². The average Bonchev–Trinajstić information content (AvgIpc) is 2.99. The zero-order valence-electron chi connectivity index (χ0n) is 16.6. The molecule has 0 aromatic heterocycles. The standard InChI is InChI=1S/C19H35NO4S2/c1-6-19(4,24-14-23-12-11-22-5)9-7-16(21)8-10-20-17(15(2)3)13-26-18(20)25/h6,15-17,21H,1,7-14H2,2-5H3/t16-,17+,19+/m1/s1. The number of methoxy groups -OCH3 is 1. The normalized spacial score (nSPS) is 21.2. The molecule has 1 fully saturated rings. The molecular weight excluding hydrogens is 370 g/mol. The predicted molar refractivity (Wildman–Crippen MR) is 113 cm³/mol. The molecule has 1 rings (SSSR count). The Morgan fingerprint density at radius 3 is 2.77 bits per heavy atom. The van der Waals surface area contributed by atoms with Crippen LogP contribution in [0.2, 0.25) is 0 Å². The lowest BCUT2D eigenvalue weighted by atomic mass is 9.96. The van der Waals surface area contributed by atoms with Gasteiger partial charge in [-0.25, -0.2) is 0 Å². The largest absolute Gasteiger partial charge is 0.393 e. The van der Waals surface area contributed by atoms with Crippen molar-refractivity contribution in [2.24, 2.45) is 5.92 Å². The topological polar surface area (TPSA) is 51.2 Å². The number of thioether (sulfide) groups is 1. The van der Waals surface area contributed by atoms with Gasteiger partial charge in [0, 0.05) is 25.4 Å². The third kappa shape index (κ3) is 8.23. The summed E-state index contributed by atoms with van der Waals surface area (Å²) in [4.78, 5) is 2.28. The summed E-state index contributed by atoms with van der Waals surface area (Å²) in [7, 11) is 1.64. The molecule has 0 aromatic rings. The highest BCUT2D eigenvalue weighted by molar-refractivity contribution is 8.23. The van der Waals surface area contributed by atoms with Crippen LogP contribution in [-0.2, 0) is 14.2 Å². The third-order valence-corrected chi connectivity index (χ3v) is 6.37. The van der Waals surface area contributed by atoms with E-state index in [1.54, 1.807) is 24.9 Å². The van der Waals surface area contributed by atoms with Crippen molar-refractivity contribution < 1.29 is 19.3 Å². The summed E-state index contributed by atoms with van der Waals surface area (Å²) in [6, 6.07) is 0.478. The third-order valence-electron chi connectivity index (χ3n) is 4.79. The lowest BCUT2D eigenvalue weighted by molar-refractivity contribution is -0.125. The Labute approximate surface area is 168 Å². The Morgan fingerprint density at radius 2 is 2.15 bits per heavy atom. The Bertz CT molecular complexity index is 436. The number of rotatable bonds is 14. The molecule has 1 N–H and O–H groups in total. The molecule has 152 valence electrons. The molecule has 0 spiro atoms. The fraction of sp³-hybridized carbons (Fsp3) is 0.842. The lowest BCUT2D eigenvalue weighted by Crippen LogP contribution is -2.39. The van der Waals surface area contributed by atoms with E-state index in [1.807, 2.05) is 6.92 Å². The molecule has 0 unspecified atom stereocenters. The molecule has 0 amide bonds. The van der Waals surface area contributed by atoms with Gasteiger partial charge in [0.1, 0.15) is 11.1 Å². The first kappa shape index (κ1) is 23.9. The fourth-order valence-corrected chi connectivity index (χ4v) is 4.47. The molecule has 1 aliphatic rings. The number of hydrogen-bond acceptors (Lipinski definition) is 6. The van der Waals surface area contributed by atoms with Crippen LogP contribution in [0, 0.1) is 5.92 Å². The molecule has 1 aliphatic heterocycles. The average molecular weight is 406 g/mol. The van der Waals surface area contributed by atoms with Crippen LogP contribution in [0.3, 0.4) is 0 Å². The number of nitrogens with zero attached hydrogens (tertiary/aromatic N) is 1. The summed E-state index contributed by atoms with van der Waals surface area (Å²) in [5.74, 6) is 1.62. The molecule has 3 atom stereocenters. The second kappa shape index (κ2) is 12.3. The van der Waals surface area contributed by atoms with Crippen molar-refractivity contribution in [2.75, 3.05) is 39.4 Å². The van der Waals surface area contributed by atoms with Gasteiger partial charge in [-0.05, 0) is 32.1 Å². The highest BCUT2D eigenvalue weighted by Gasteiger charge is 2.31. The zero-order chi connectivity index (χ0) is 19.6. The molecule has 26 heavy (non-hydrogen) atoms. The highest BCUT2D eigenvalue weighted by Crippen LogP contribution is 2.29. The van der Waals surface area contributed by atoms with Crippen LogP contribution in [0.5, 0.6) is 0 Å². The minimum Gasteiger partial charge on any atom is -0.393 e. The SMILES string of the molecule is C=C[C@@](C)(CC[C@@H](O)CCN1C(=S)SC[C@H]1C(C)C)OCOCCOC. The van der Waals surface area contributed by atoms with Gasteiger partial charge < -0.3 is 24.2 Å². The zero-order valence-corrected chi connectivity index (χ0v) is 18.2. The summed E-state index contributed by atoms with van der Waals surface area (Å²) < 4.78 is 17.0. The Hall–Kier alpha value is -0.180. The quantitative estimate of drug-likeness (QED) is 0.206. The van der Waals surface area contributed by atoms with Crippen molar-refractivity contribution in [2.45, 2.75) is 57.8 Å². The van der Waals surface area contributed by atoms with E-state index in [0.29, 0.717) is 44.4 Å². The van der Waals surface area contributed by atoms with Crippen LogP contribution in [0.4, 0.5) is 0 Å². The minimum absolute atomic E-state index is 0.192. The van der Waals surface area contributed by atoms with Gasteiger partial charge >= 0.3 is 0 Å². The van der Waals surface area contributed by atoms with E-state index in [9.17, 15) is 5.11 Å². The summed E-state index contributed by atoms with van der Waals surface area (Å²) >= 11 is 7.21. The van der Waals surface area contributed by atoms with Crippen molar-refractivity contribution in [3.8, 4) is 0 Å². The van der Waals surface area contributed by atoms with E-state index < -0.39 is 5.60 Å². The van der Waals surface area contributed by atoms with E-state index >= 15 is 0 Å². The first-order chi connectivity index (χ1) is 12.3. The van der Waals surface area contributed by atoms with Crippen LogP contribution in [0.25, 0.3) is 0 Å². The van der Waals surface area contributed by atoms with Gasteiger partial charge in [-0.15, -0.1) is 6.58 Å². The van der Waals surface area contributed by atoms with Crippen LogP contribution in [0.1, 0.15) is 40.0 Å². The van der Waals surface area contributed by atoms with Gasteiger partial charge in [0.2, 0.25) is 0 Å². The van der Waals surface area contributed by atoms with Crippen molar-refractivity contribution in [3.63, 3.8) is 0 Å². The molecule has 7 heteroatoms. The molecule has 5 nitrogen and oxygen atoms in total. The highest BCUT2D eigenvalue weighted by atomic mass is 32.2. The van der Waals surface area contributed by atoms with Crippen molar-refractivity contribution in [3.05, 3.63) is 12.7 Å². The number of thiocarbonyl (C=S) groups is 1. The smallest absolute Gasteiger partial charge is 0.147 e. The van der Waals surface area contributed by atoms with Gasteiger partial charge in [-0.3, -0.25) is 0 Å². The predicted octanol–water partition coefficient (Wildman–Crippen LogP) is 3.46. The van der Waals surface area contributed by atoms with Gasteiger partial charge in [-0.1, -0.05) is 43.9 Å². The summed E-state index contributed by atoms with van der Waals surface area (Å²) in [5.41, 5.74) is -0.507. The van der Waals surface area contributed by atoms with Crippen molar-refractivity contribution >= 4 is 28.3 Å². The summed E-state index contributed by atoms with van der Waals surface area (Å²) in [6.45, 7) is 12.3. The maximum Gasteiger partial charge on any atom is 0.147 e. The molecule has 0 bridgehead atoms. The monoisotopic (exact) mass is 405 g/mol. The molecule has 1 heterocycles. The first-order valence-corrected chi connectivity index (χ1v) is 10.7. The Morgan fingerprint density at radius 1 is 1.42 bits per heavy atom. The molecule has 0 radical (unpaired) electrons. The molecule has 0 aromatic carbocycles. The number of aliphatic hydroxyl groups excluding tert-OH is 1. The molecule has 1 saturated heterocycles. The van der Waals surface area contributed by atoms with Crippen LogP contribution in [0.15, 0.2) is 12.7 Å².